The van der Waals surface area contributed by atoms with Gasteiger partial charge in [-0.25, -0.2) is 0 Å². The van der Waals surface area contributed by atoms with E-state index in [4.69, 9.17) is 0 Å². The number of rotatable bonds is 6. The number of fused-ring (bicyclic) bond motifs is 1. The predicted molar refractivity (Wildman–Crippen MR) is 124 cm³/mol. The minimum atomic E-state index is -1.49. The average molecular weight is 431 g/mol. The molecule has 0 saturated heterocycles. The molecular formula is C27H42O4. The Hall–Kier alpha value is -1.23. The van der Waals surface area contributed by atoms with E-state index < -0.39 is 17.5 Å². The van der Waals surface area contributed by atoms with E-state index in [1.807, 2.05) is 0 Å². The standard InChI is InChI=1S/C27H42O4/c1-17-8-11-21(28)16-20(17)10-9-19-7-6-14-27(5)22(12-13-23(19)27)18(2)15-24(29)25(30)26(3,4)31/h9-10,18,21-24,28-29,31H,1,6-8,11-16H2,2-5H3/b19-9+,20-10-/t18-,21+,22+,23-,24+,27+/m1/s1. The third-order valence-electron chi connectivity index (χ3n) is 8.41. The van der Waals surface area contributed by atoms with Gasteiger partial charge >= 0.3 is 0 Å². The fourth-order valence-electron chi connectivity index (χ4n) is 6.64. The van der Waals surface area contributed by atoms with Gasteiger partial charge in [-0.2, -0.15) is 0 Å². The maximum absolute atomic E-state index is 12.3. The molecule has 0 spiro atoms. The predicted octanol–water partition coefficient (Wildman–Crippen LogP) is 4.88. The Bertz CT molecular complexity index is 756. The van der Waals surface area contributed by atoms with E-state index in [2.05, 4.69) is 32.6 Å². The Labute approximate surface area is 188 Å². The molecule has 174 valence electrons. The summed E-state index contributed by atoms with van der Waals surface area (Å²) in [5, 5.41) is 30.4. The Balaban J connectivity index is 1.73. The van der Waals surface area contributed by atoms with Gasteiger partial charge in [0.05, 0.1) is 6.10 Å². The number of allylic oxidation sites excluding steroid dienone is 4. The van der Waals surface area contributed by atoms with Crippen LogP contribution in [0.4, 0.5) is 0 Å². The SMILES string of the molecule is C=C1CC[C@H](O)C/C1=C/C=C1\CCC[C@]2(C)[C@@H]1CC[C@H]2[C@H](C)C[C@H](O)C(=O)C(C)(C)O. The molecular weight excluding hydrogens is 388 g/mol. The Morgan fingerprint density at radius 3 is 2.65 bits per heavy atom. The van der Waals surface area contributed by atoms with Crippen molar-refractivity contribution >= 4 is 5.78 Å². The summed E-state index contributed by atoms with van der Waals surface area (Å²) in [7, 11) is 0. The van der Waals surface area contributed by atoms with Crippen LogP contribution in [0.2, 0.25) is 0 Å². The van der Waals surface area contributed by atoms with E-state index in [0.29, 0.717) is 24.7 Å². The lowest BCUT2D eigenvalue weighted by molar-refractivity contribution is -0.144. The van der Waals surface area contributed by atoms with Gasteiger partial charge in [0.2, 0.25) is 0 Å². The molecule has 3 rings (SSSR count). The van der Waals surface area contributed by atoms with Crippen molar-refractivity contribution in [2.45, 2.75) is 103 Å². The molecule has 0 aliphatic heterocycles. The van der Waals surface area contributed by atoms with E-state index in [1.165, 1.54) is 37.8 Å². The van der Waals surface area contributed by atoms with Gasteiger partial charge in [-0.1, -0.05) is 43.7 Å². The molecule has 0 radical (unpaired) electrons. The zero-order valence-corrected chi connectivity index (χ0v) is 19.9. The lowest BCUT2D eigenvalue weighted by Gasteiger charge is -2.44. The van der Waals surface area contributed by atoms with E-state index in [0.717, 1.165) is 37.7 Å². The fourth-order valence-corrected chi connectivity index (χ4v) is 6.64. The van der Waals surface area contributed by atoms with Crippen molar-refractivity contribution in [2.75, 3.05) is 0 Å². The van der Waals surface area contributed by atoms with Crippen molar-refractivity contribution in [3.05, 3.63) is 35.5 Å². The van der Waals surface area contributed by atoms with Crippen molar-refractivity contribution in [2.24, 2.45) is 23.2 Å². The molecule has 0 aromatic carbocycles. The van der Waals surface area contributed by atoms with Gasteiger partial charge < -0.3 is 15.3 Å². The third-order valence-corrected chi connectivity index (χ3v) is 8.41. The molecule has 3 aliphatic carbocycles. The van der Waals surface area contributed by atoms with Gasteiger partial charge in [0.25, 0.3) is 0 Å². The number of carbonyl (C=O) groups excluding carboxylic acids is 1. The minimum absolute atomic E-state index is 0.183. The first kappa shape index (κ1) is 24.4. The lowest BCUT2D eigenvalue weighted by atomic mass is 9.60. The molecule has 6 atom stereocenters. The minimum Gasteiger partial charge on any atom is -0.393 e. The molecule has 4 nitrogen and oxygen atoms in total. The van der Waals surface area contributed by atoms with E-state index in [1.54, 1.807) is 0 Å². The number of carbonyl (C=O) groups is 1. The van der Waals surface area contributed by atoms with E-state index in [9.17, 15) is 20.1 Å². The second kappa shape index (κ2) is 9.33. The van der Waals surface area contributed by atoms with Gasteiger partial charge in [-0.15, -0.1) is 0 Å². The molecule has 3 N–H and O–H groups in total. The molecule has 0 bridgehead atoms. The Morgan fingerprint density at radius 2 is 1.97 bits per heavy atom. The first-order valence-electron chi connectivity index (χ1n) is 12.1. The highest BCUT2D eigenvalue weighted by Crippen LogP contribution is 2.59. The van der Waals surface area contributed by atoms with Crippen molar-refractivity contribution in [1.29, 1.82) is 0 Å². The van der Waals surface area contributed by atoms with Crippen molar-refractivity contribution < 1.29 is 20.1 Å². The molecule has 4 heteroatoms. The number of hydrogen-bond acceptors (Lipinski definition) is 4. The molecule has 3 aliphatic rings. The monoisotopic (exact) mass is 430 g/mol. The van der Waals surface area contributed by atoms with E-state index >= 15 is 0 Å². The van der Waals surface area contributed by atoms with Crippen LogP contribution in [0.15, 0.2) is 35.5 Å². The summed E-state index contributed by atoms with van der Waals surface area (Å²) in [6, 6.07) is 0. The maximum Gasteiger partial charge on any atom is 0.192 e. The second-order valence-electron chi connectivity index (χ2n) is 11.2. The summed E-state index contributed by atoms with van der Waals surface area (Å²) >= 11 is 0. The summed E-state index contributed by atoms with van der Waals surface area (Å²) in [4.78, 5) is 12.3. The molecule has 31 heavy (non-hydrogen) atoms. The summed E-state index contributed by atoms with van der Waals surface area (Å²) in [6.07, 6.45) is 11.7. The van der Waals surface area contributed by atoms with Crippen LogP contribution in [0.1, 0.15) is 85.5 Å². The molecule has 0 amide bonds. The van der Waals surface area contributed by atoms with Crippen LogP contribution in [0.25, 0.3) is 0 Å². The van der Waals surface area contributed by atoms with Gasteiger partial charge in [0.15, 0.2) is 5.78 Å². The number of aliphatic hydroxyl groups excluding tert-OH is 2. The first-order chi connectivity index (χ1) is 14.4. The second-order valence-corrected chi connectivity index (χ2v) is 11.2. The van der Waals surface area contributed by atoms with Crippen molar-refractivity contribution in [1.82, 2.24) is 0 Å². The zero-order valence-electron chi connectivity index (χ0n) is 19.9. The topological polar surface area (TPSA) is 77.8 Å². The van der Waals surface area contributed by atoms with Crippen LogP contribution in [0, 0.1) is 23.2 Å². The first-order valence-corrected chi connectivity index (χ1v) is 12.1. The number of hydrogen-bond donors (Lipinski definition) is 3. The highest BCUT2D eigenvalue weighted by Gasteiger charge is 2.51. The molecule has 3 saturated carbocycles. The number of ketones is 1. The van der Waals surface area contributed by atoms with Crippen LogP contribution in [-0.4, -0.2) is 38.9 Å². The summed E-state index contributed by atoms with van der Waals surface area (Å²) < 4.78 is 0. The Morgan fingerprint density at radius 1 is 1.26 bits per heavy atom. The highest BCUT2D eigenvalue weighted by atomic mass is 16.3. The quantitative estimate of drug-likeness (QED) is 0.561. The largest absolute Gasteiger partial charge is 0.393 e. The Kier molecular flexibility index (Phi) is 7.35. The number of aliphatic hydroxyl groups is 3. The molecule has 0 unspecified atom stereocenters. The van der Waals surface area contributed by atoms with Gasteiger partial charge in [0, 0.05) is 0 Å². The molecule has 0 aromatic heterocycles. The van der Waals surface area contributed by atoms with Crippen LogP contribution in [-0.2, 0) is 4.79 Å². The maximum atomic E-state index is 12.3. The lowest BCUT2D eigenvalue weighted by Crippen LogP contribution is -2.42. The van der Waals surface area contributed by atoms with E-state index in [-0.39, 0.29) is 17.4 Å². The van der Waals surface area contributed by atoms with Gasteiger partial charge in [0.1, 0.15) is 11.7 Å². The fraction of sp³-hybridized carbons (Fsp3) is 0.741. The number of Topliss-reactive ketones (excluding diaryl/α,β-unsaturated/α-hetero) is 1. The van der Waals surface area contributed by atoms with Crippen LogP contribution >= 0.6 is 0 Å². The molecule has 3 fully saturated rings. The summed E-state index contributed by atoms with van der Waals surface area (Å²) in [6.45, 7) is 11.6. The third kappa shape index (κ3) is 5.23. The highest BCUT2D eigenvalue weighted by molar-refractivity contribution is 5.89. The van der Waals surface area contributed by atoms with Crippen molar-refractivity contribution in [3.63, 3.8) is 0 Å². The normalized spacial score (nSPS) is 36.5. The van der Waals surface area contributed by atoms with Crippen LogP contribution in [0.3, 0.4) is 0 Å². The molecule has 0 heterocycles. The zero-order chi connectivity index (χ0) is 23.0. The summed E-state index contributed by atoms with van der Waals surface area (Å²) in [5.41, 5.74) is 2.55. The van der Waals surface area contributed by atoms with Gasteiger partial charge in [-0.3, -0.25) is 4.79 Å². The van der Waals surface area contributed by atoms with Gasteiger partial charge in [-0.05, 0) is 100 Å². The van der Waals surface area contributed by atoms with Crippen molar-refractivity contribution in [3.8, 4) is 0 Å². The molecule has 0 aromatic rings. The smallest absolute Gasteiger partial charge is 0.192 e. The summed E-state index contributed by atoms with van der Waals surface area (Å²) in [5.74, 6) is 0.742. The van der Waals surface area contributed by atoms with Crippen LogP contribution < -0.4 is 0 Å². The van der Waals surface area contributed by atoms with Crippen LogP contribution in [0.5, 0.6) is 0 Å². The average Bonchev–Trinajstić information content (AvgIpc) is 3.04.